The average molecular weight is 299 g/mol. The predicted octanol–water partition coefficient (Wildman–Crippen LogP) is 2.05. The van der Waals surface area contributed by atoms with Crippen LogP contribution in [0, 0.1) is 0 Å². The number of hydrogen-bond acceptors (Lipinski definition) is 3. The molecule has 1 aliphatic rings. The quantitative estimate of drug-likeness (QED) is 0.894. The highest BCUT2D eigenvalue weighted by atomic mass is 35.5. The average Bonchev–Trinajstić information content (AvgIpc) is 2.41. The van der Waals surface area contributed by atoms with E-state index in [0.29, 0.717) is 12.5 Å². The van der Waals surface area contributed by atoms with Crippen LogP contribution in [0.2, 0.25) is 0 Å². The van der Waals surface area contributed by atoms with Crippen LogP contribution in [0.5, 0.6) is 5.75 Å². The maximum Gasteiger partial charge on any atom is 0.224 e. The lowest BCUT2D eigenvalue weighted by Crippen LogP contribution is -2.41. The Labute approximate surface area is 126 Å². The Morgan fingerprint density at radius 3 is 2.70 bits per heavy atom. The summed E-state index contributed by atoms with van der Waals surface area (Å²) < 4.78 is 5.15. The zero-order chi connectivity index (χ0) is 13.7. The van der Waals surface area contributed by atoms with Crippen molar-refractivity contribution in [1.82, 2.24) is 5.32 Å². The zero-order valence-corrected chi connectivity index (χ0v) is 12.6. The third-order valence-electron chi connectivity index (χ3n) is 3.64. The SMILES string of the molecule is COc1cccc(CC(=O)NC2CCC(N)CC2)c1.Cl. The molecule has 4 nitrogen and oxygen atoms in total. The van der Waals surface area contributed by atoms with Crippen molar-refractivity contribution < 1.29 is 9.53 Å². The van der Waals surface area contributed by atoms with E-state index >= 15 is 0 Å². The highest BCUT2D eigenvalue weighted by Gasteiger charge is 2.19. The first-order valence-corrected chi connectivity index (χ1v) is 6.85. The lowest BCUT2D eigenvalue weighted by Gasteiger charge is -2.26. The molecule has 0 heterocycles. The van der Waals surface area contributed by atoms with Gasteiger partial charge in [0.05, 0.1) is 13.5 Å². The smallest absolute Gasteiger partial charge is 0.224 e. The molecular weight excluding hydrogens is 276 g/mol. The Balaban J connectivity index is 0.00000200. The van der Waals surface area contributed by atoms with Gasteiger partial charge >= 0.3 is 0 Å². The molecule has 1 fully saturated rings. The molecule has 0 atom stereocenters. The van der Waals surface area contributed by atoms with Crippen LogP contribution in [-0.4, -0.2) is 25.1 Å². The molecule has 1 aromatic carbocycles. The van der Waals surface area contributed by atoms with Gasteiger partial charge in [0.25, 0.3) is 0 Å². The minimum absolute atomic E-state index is 0. The Morgan fingerprint density at radius 1 is 1.35 bits per heavy atom. The van der Waals surface area contributed by atoms with E-state index in [2.05, 4.69) is 5.32 Å². The van der Waals surface area contributed by atoms with Crippen molar-refractivity contribution in [3.05, 3.63) is 29.8 Å². The van der Waals surface area contributed by atoms with Gasteiger partial charge in [0.1, 0.15) is 5.75 Å². The minimum Gasteiger partial charge on any atom is -0.497 e. The highest BCUT2D eigenvalue weighted by molar-refractivity contribution is 5.85. The Kier molecular flexibility index (Phi) is 6.82. The van der Waals surface area contributed by atoms with Crippen LogP contribution in [0.1, 0.15) is 31.2 Å². The first kappa shape index (κ1) is 16.8. The van der Waals surface area contributed by atoms with Crippen LogP contribution in [0.4, 0.5) is 0 Å². The number of ether oxygens (including phenoxy) is 1. The molecule has 0 aliphatic heterocycles. The first-order valence-electron chi connectivity index (χ1n) is 6.85. The van der Waals surface area contributed by atoms with Crippen LogP contribution in [0.15, 0.2) is 24.3 Å². The van der Waals surface area contributed by atoms with Crippen LogP contribution in [-0.2, 0) is 11.2 Å². The number of hydrogen-bond donors (Lipinski definition) is 2. The molecular formula is C15H23ClN2O2. The summed E-state index contributed by atoms with van der Waals surface area (Å²) in [7, 11) is 1.63. The second-order valence-electron chi connectivity index (χ2n) is 5.21. The van der Waals surface area contributed by atoms with E-state index < -0.39 is 0 Å². The number of rotatable bonds is 4. The van der Waals surface area contributed by atoms with E-state index in [1.54, 1.807) is 7.11 Å². The second kappa shape index (κ2) is 8.12. The summed E-state index contributed by atoms with van der Waals surface area (Å²) in [5.41, 5.74) is 6.83. The standard InChI is InChI=1S/C15H22N2O2.ClH/c1-19-14-4-2-3-11(9-14)10-15(18)17-13-7-5-12(16)6-8-13;/h2-4,9,12-13H,5-8,10,16H2,1H3,(H,17,18);1H. The van der Waals surface area contributed by atoms with Gasteiger partial charge in [-0.05, 0) is 43.4 Å². The predicted molar refractivity (Wildman–Crippen MR) is 82.3 cm³/mol. The molecule has 0 spiro atoms. The molecule has 0 radical (unpaired) electrons. The van der Waals surface area contributed by atoms with Crippen molar-refractivity contribution in [3.63, 3.8) is 0 Å². The van der Waals surface area contributed by atoms with Gasteiger partial charge < -0.3 is 15.8 Å². The van der Waals surface area contributed by atoms with Gasteiger partial charge in [-0.15, -0.1) is 12.4 Å². The van der Waals surface area contributed by atoms with Crippen LogP contribution in [0.25, 0.3) is 0 Å². The fourth-order valence-corrected chi connectivity index (χ4v) is 2.51. The van der Waals surface area contributed by atoms with E-state index in [-0.39, 0.29) is 24.4 Å². The molecule has 1 amide bonds. The summed E-state index contributed by atoms with van der Waals surface area (Å²) in [4.78, 5) is 12.0. The summed E-state index contributed by atoms with van der Waals surface area (Å²) in [5, 5.41) is 3.09. The van der Waals surface area contributed by atoms with Gasteiger partial charge in [0, 0.05) is 12.1 Å². The topological polar surface area (TPSA) is 64.3 Å². The normalized spacial score (nSPS) is 21.7. The van der Waals surface area contributed by atoms with E-state index in [4.69, 9.17) is 10.5 Å². The summed E-state index contributed by atoms with van der Waals surface area (Å²) >= 11 is 0. The molecule has 0 saturated heterocycles. The van der Waals surface area contributed by atoms with Gasteiger partial charge in [0.15, 0.2) is 0 Å². The van der Waals surface area contributed by atoms with Crippen LogP contribution in [0.3, 0.4) is 0 Å². The monoisotopic (exact) mass is 298 g/mol. The molecule has 1 saturated carbocycles. The number of methoxy groups -OCH3 is 1. The molecule has 112 valence electrons. The van der Waals surface area contributed by atoms with Crippen molar-refractivity contribution in [2.24, 2.45) is 5.73 Å². The zero-order valence-electron chi connectivity index (χ0n) is 11.8. The summed E-state index contributed by atoms with van der Waals surface area (Å²) in [6.45, 7) is 0. The molecule has 20 heavy (non-hydrogen) atoms. The van der Waals surface area contributed by atoms with Crippen molar-refractivity contribution >= 4 is 18.3 Å². The number of nitrogens with one attached hydrogen (secondary N) is 1. The van der Waals surface area contributed by atoms with Gasteiger partial charge in [-0.1, -0.05) is 12.1 Å². The molecule has 0 bridgehead atoms. The third kappa shape index (κ3) is 5.02. The maximum atomic E-state index is 12.0. The second-order valence-corrected chi connectivity index (χ2v) is 5.21. The lowest BCUT2D eigenvalue weighted by molar-refractivity contribution is -0.121. The van der Waals surface area contributed by atoms with Gasteiger partial charge in [0.2, 0.25) is 5.91 Å². The first-order chi connectivity index (χ1) is 9.17. The molecule has 3 N–H and O–H groups in total. The number of benzene rings is 1. The number of carbonyl (C=O) groups is 1. The van der Waals surface area contributed by atoms with Crippen molar-refractivity contribution in [2.75, 3.05) is 7.11 Å². The molecule has 1 aliphatic carbocycles. The number of amides is 1. The van der Waals surface area contributed by atoms with E-state index in [9.17, 15) is 4.79 Å². The van der Waals surface area contributed by atoms with E-state index in [1.807, 2.05) is 24.3 Å². The maximum absolute atomic E-state index is 12.0. The molecule has 1 aromatic rings. The van der Waals surface area contributed by atoms with Gasteiger partial charge in [-0.25, -0.2) is 0 Å². The number of halogens is 1. The summed E-state index contributed by atoms with van der Waals surface area (Å²) in [6, 6.07) is 8.23. The Morgan fingerprint density at radius 2 is 2.05 bits per heavy atom. The fraction of sp³-hybridized carbons (Fsp3) is 0.533. The van der Waals surface area contributed by atoms with E-state index in [0.717, 1.165) is 37.0 Å². The lowest BCUT2D eigenvalue weighted by atomic mass is 9.91. The van der Waals surface area contributed by atoms with Crippen molar-refractivity contribution in [1.29, 1.82) is 0 Å². The fourth-order valence-electron chi connectivity index (χ4n) is 2.51. The van der Waals surface area contributed by atoms with Crippen molar-refractivity contribution in [2.45, 2.75) is 44.2 Å². The Bertz CT molecular complexity index is 432. The van der Waals surface area contributed by atoms with Gasteiger partial charge in [-0.3, -0.25) is 4.79 Å². The highest BCUT2D eigenvalue weighted by Crippen LogP contribution is 2.17. The van der Waals surface area contributed by atoms with Gasteiger partial charge in [-0.2, -0.15) is 0 Å². The third-order valence-corrected chi connectivity index (χ3v) is 3.64. The molecule has 5 heteroatoms. The Hall–Kier alpha value is -1.26. The number of nitrogens with two attached hydrogens (primary N) is 1. The number of carbonyl (C=O) groups excluding carboxylic acids is 1. The molecule has 0 unspecified atom stereocenters. The van der Waals surface area contributed by atoms with Crippen LogP contribution >= 0.6 is 12.4 Å². The minimum atomic E-state index is 0. The molecule has 2 rings (SSSR count). The van der Waals surface area contributed by atoms with Crippen molar-refractivity contribution in [3.8, 4) is 5.75 Å². The largest absolute Gasteiger partial charge is 0.497 e. The van der Waals surface area contributed by atoms with E-state index in [1.165, 1.54) is 0 Å². The molecule has 0 aromatic heterocycles. The summed E-state index contributed by atoms with van der Waals surface area (Å²) in [6.07, 6.45) is 4.39. The van der Waals surface area contributed by atoms with Crippen LogP contribution < -0.4 is 15.8 Å². The summed E-state index contributed by atoms with van der Waals surface area (Å²) in [5.74, 6) is 0.864.